The first-order valence-electron chi connectivity index (χ1n) is 8.19. The Morgan fingerprint density at radius 2 is 1.71 bits per heavy atom. The molecule has 0 N–H and O–H groups in total. The molecule has 0 fully saturated rings. The number of rotatable bonds is 3. The Labute approximate surface area is 155 Å². The summed E-state index contributed by atoms with van der Waals surface area (Å²) in [6.07, 6.45) is -8.87. The molecule has 0 spiro atoms. The number of carbonyl (C=O) groups is 1. The van der Waals surface area contributed by atoms with Gasteiger partial charge in [-0.15, -0.1) is 0 Å². The van der Waals surface area contributed by atoms with Crippen molar-refractivity contribution in [1.82, 2.24) is 9.78 Å². The van der Waals surface area contributed by atoms with E-state index >= 15 is 0 Å². The fourth-order valence-electron chi connectivity index (χ4n) is 3.11. The summed E-state index contributed by atoms with van der Waals surface area (Å²) in [5.74, 6) is -1.22. The summed E-state index contributed by atoms with van der Waals surface area (Å²) in [6.45, 7) is 0.512. The number of aryl methyl sites for hydroxylation is 1. The second-order valence-corrected chi connectivity index (χ2v) is 6.23. The topological polar surface area (TPSA) is 47.4 Å². The van der Waals surface area contributed by atoms with Crippen molar-refractivity contribution < 1.29 is 35.9 Å². The lowest BCUT2D eigenvalue weighted by Gasteiger charge is -2.30. The van der Waals surface area contributed by atoms with Crippen LogP contribution in [0.4, 0.5) is 32.2 Å². The molecule has 2 aromatic rings. The van der Waals surface area contributed by atoms with Gasteiger partial charge in [0.15, 0.2) is 5.69 Å². The minimum atomic E-state index is -4.85. The first kappa shape index (κ1) is 20.0. The molecule has 152 valence electrons. The normalized spacial score (nSPS) is 14.8. The molecule has 1 aromatic heterocycles. The summed E-state index contributed by atoms with van der Waals surface area (Å²) >= 11 is 0. The van der Waals surface area contributed by atoms with E-state index in [1.54, 1.807) is 0 Å². The second kappa shape index (κ2) is 7.02. The van der Waals surface area contributed by atoms with Gasteiger partial charge in [-0.2, -0.15) is 31.4 Å². The molecular weight excluding hydrogens is 392 g/mol. The van der Waals surface area contributed by atoms with Crippen LogP contribution in [0.2, 0.25) is 0 Å². The van der Waals surface area contributed by atoms with Gasteiger partial charge in [0, 0.05) is 19.6 Å². The van der Waals surface area contributed by atoms with Gasteiger partial charge in [0.2, 0.25) is 0 Å². The van der Waals surface area contributed by atoms with E-state index in [1.807, 2.05) is 0 Å². The van der Waals surface area contributed by atoms with E-state index in [9.17, 15) is 31.1 Å². The van der Waals surface area contributed by atoms with Crippen molar-refractivity contribution in [3.8, 4) is 0 Å². The maximum absolute atomic E-state index is 13.3. The Morgan fingerprint density at radius 1 is 1.07 bits per heavy atom. The van der Waals surface area contributed by atoms with Crippen LogP contribution < -0.4 is 4.90 Å². The van der Waals surface area contributed by atoms with E-state index in [1.165, 1.54) is 17.0 Å². The minimum absolute atomic E-state index is 0.0190. The smallest absolute Gasteiger partial charge is 0.436 e. The molecule has 1 aliphatic rings. The molecule has 28 heavy (non-hydrogen) atoms. The zero-order valence-corrected chi connectivity index (χ0v) is 14.6. The number of carbonyl (C=O) groups excluding carboxylic acids is 1. The highest BCUT2D eigenvalue weighted by Gasteiger charge is 2.43. The van der Waals surface area contributed by atoms with E-state index < -0.39 is 35.1 Å². The number of hydrogen-bond acceptors (Lipinski definition) is 4. The third kappa shape index (κ3) is 3.78. The molecule has 1 aromatic carbocycles. The molecule has 0 amide bonds. The third-order valence-electron chi connectivity index (χ3n) is 4.34. The lowest BCUT2D eigenvalue weighted by molar-refractivity contribution is -0.142. The van der Waals surface area contributed by atoms with E-state index in [0.717, 1.165) is 23.9 Å². The zero-order valence-electron chi connectivity index (χ0n) is 14.6. The molecule has 5 nitrogen and oxygen atoms in total. The molecule has 1 aliphatic heterocycles. The van der Waals surface area contributed by atoms with Gasteiger partial charge in [-0.1, -0.05) is 12.1 Å². The van der Waals surface area contributed by atoms with Gasteiger partial charge in [0.05, 0.1) is 12.7 Å². The lowest BCUT2D eigenvalue weighted by atomic mass is 10.1. The van der Waals surface area contributed by atoms with E-state index in [4.69, 9.17) is 0 Å². The maximum atomic E-state index is 13.3. The number of aromatic nitrogens is 2. The van der Waals surface area contributed by atoms with Crippen molar-refractivity contribution in [3.63, 3.8) is 0 Å². The third-order valence-corrected chi connectivity index (χ3v) is 4.34. The first-order chi connectivity index (χ1) is 13.0. The van der Waals surface area contributed by atoms with Gasteiger partial charge in [-0.25, -0.2) is 9.48 Å². The zero-order chi connectivity index (χ0) is 20.7. The van der Waals surface area contributed by atoms with E-state index in [2.05, 4.69) is 9.84 Å². The Balaban J connectivity index is 1.99. The van der Waals surface area contributed by atoms with E-state index in [0.29, 0.717) is 18.5 Å². The predicted octanol–water partition coefficient (Wildman–Crippen LogP) is 4.12. The number of alkyl halides is 6. The fraction of sp³-hybridized carbons (Fsp3) is 0.412. The Morgan fingerprint density at radius 3 is 2.25 bits per heavy atom. The first-order valence-corrected chi connectivity index (χ1v) is 8.19. The number of benzene rings is 1. The van der Waals surface area contributed by atoms with Gasteiger partial charge in [0.1, 0.15) is 11.4 Å². The molecular formula is C17H15F6N3O2. The number of hydrogen-bond donors (Lipinski definition) is 0. The van der Waals surface area contributed by atoms with Crippen molar-refractivity contribution >= 4 is 11.8 Å². The summed E-state index contributed by atoms with van der Waals surface area (Å²) in [7, 11) is 0.968. The Kier molecular flexibility index (Phi) is 5.02. The predicted molar refractivity (Wildman–Crippen MR) is 85.7 cm³/mol. The average Bonchev–Trinajstić information content (AvgIpc) is 3.02. The Bertz CT molecular complexity index is 871. The van der Waals surface area contributed by atoms with Crippen LogP contribution >= 0.6 is 0 Å². The molecule has 3 rings (SSSR count). The van der Waals surface area contributed by atoms with Gasteiger partial charge >= 0.3 is 18.3 Å². The summed E-state index contributed by atoms with van der Waals surface area (Å²) < 4.78 is 83.7. The summed E-state index contributed by atoms with van der Waals surface area (Å²) in [5, 5.41) is 3.53. The summed E-state index contributed by atoms with van der Waals surface area (Å²) in [5.41, 5.74) is -2.41. The summed E-state index contributed by atoms with van der Waals surface area (Å²) in [4.78, 5) is 13.5. The number of halogens is 6. The van der Waals surface area contributed by atoms with Crippen LogP contribution in [0.1, 0.15) is 33.6 Å². The number of esters is 1. The molecule has 0 aliphatic carbocycles. The van der Waals surface area contributed by atoms with Crippen LogP contribution in [0.3, 0.4) is 0 Å². The van der Waals surface area contributed by atoms with Gasteiger partial charge in [-0.05, 0) is 24.1 Å². The van der Waals surface area contributed by atoms with Crippen molar-refractivity contribution in [2.75, 3.05) is 18.6 Å². The minimum Gasteiger partial charge on any atom is -0.465 e. The number of fused-ring (bicyclic) bond motifs is 1. The number of anilines is 1. The Hall–Kier alpha value is -2.72. The molecule has 2 heterocycles. The standard InChI is InChI=1S/C17H15F6N3O2/c1-28-15(27)12-13(17(21,22)23)24-26-8-2-7-25(14(12)26)9-10-3-5-11(6-4-10)16(18,19)20/h3-6H,2,7-9H2,1H3. The van der Waals surface area contributed by atoms with Crippen LogP contribution in [-0.2, 0) is 30.2 Å². The number of ether oxygens (including phenoxy) is 1. The molecule has 0 saturated carbocycles. The van der Waals surface area contributed by atoms with Gasteiger partial charge in [-0.3, -0.25) is 0 Å². The molecule has 0 saturated heterocycles. The molecule has 0 radical (unpaired) electrons. The van der Waals surface area contributed by atoms with Crippen LogP contribution in [-0.4, -0.2) is 29.4 Å². The molecule has 0 atom stereocenters. The van der Waals surface area contributed by atoms with Gasteiger partial charge in [0.25, 0.3) is 0 Å². The maximum Gasteiger partial charge on any atom is 0.436 e. The fourth-order valence-corrected chi connectivity index (χ4v) is 3.11. The van der Waals surface area contributed by atoms with Crippen LogP contribution in [0.25, 0.3) is 0 Å². The largest absolute Gasteiger partial charge is 0.465 e. The highest BCUT2D eigenvalue weighted by molar-refractivity contribution is 5.96. The average molecular weight is 407 g/mol. The van der Waals surface area contributed by atoms with Crippen LogP contribution in [0.5, 0.6) is 0 Å². The number of nitrogens with zero attached hydrogens (tertiary/aromatic N) is 3. The SMILES string of the molecule is COC(=O)c1c(C(F)(F)F)nn2c1N(Cc1ccc(C(F)(F)F)cc1)CCC2. The van der Waals surface area contributed by atoms with Crippen molar-refractivity contribution in [2.45, 2.75) is 31.9 Å². The molecule has 0 bridgehead atoms. The lowest BCUT2D eigenvalue weighted by Crippen LogP contribution is -2.33. The monoisotopic (exact) mass is 407 g/mol. The molecule has 0 unspecified atom stereocenters. The quantitative estimate of drug-likeness (QED) is 0.568. The van der Waals surface area contributed by atoms with E-state index in [-0.39, 0.29) is 18.9 Å². The summed E-state index contributed by atoms with van der Waals surface area (Å²) in [6, 6.07) is 4.30. The van der Waals surface area contributed by atoms with Crippen molar-refractivity contribution in [3.05, 3.63) is 46.6 Å². The van der Waals surface area contributed by atoms with Crippen molar-refractivity contribution in [1.29, 1.82) is 0 Å². The highest BCUT2D eigenvalue weighted by atomic mass is 19.4. The second-order valence-electron chi connectivity index (χ2n) is 6.23. The molecule has 11 heteroatoms. The van der Waals surface area contributed by atoms with Crippen LogP contribution in [0.15, 0.2) is 24.3 Å². The highest BCUT2D eigenvalue weighted by Crippen LogP contribution is 2.38. The van der Waals surface area contributed by atoms with Crippen LogP contribution in [0, 0.1) is 0 Å². The van der Waals surface area contributed by atoms with Crippen molar-refractivity contribution in [2.24, 2.45) is 0 Å². The van der Waals surface area contributed by atoms with Gasteiger partial charge < -0.3 is 9.64 Å². The number of methoxy groups -OCH3 is 1.